The Bertz CT molecular complexity index is 562. The smallest absolute Gasteiger partial charge is 0.245 e. The highest BCUT2D eigenvalue weighted by molar-refractivity contribution is 5.92. The molecule has 1 saturated carbocycles. The number of benzene rings is 1. The summed E-state index contributed by atoms with van der Waals surface area (Å²) in [6.45, 7) is 4.50. The average molecular weight is 332 g/mol. The normalized spacial score (nSPS) is 17.1. The summed E-state index contributed by atoms with van der Waals surface area (Å²) in [5.74, 6) is 0.777. The van der Waals surface area contributed by atoms with Gasteiger partial charge in [-0.25, -0.2) is 0 Å². The molecular formula is C19H28N2O3. The number of nitrogens with one attached hydrogen (secondary N) is 2. The molecule has 1 aromatic carbocycles. The minimum absolute atomic E-state index is 0.0482. The van der Waals surface area contributed by atoms with Crippen LogP contribution in [0.5, 0.6) is 5.75 Å². The van der Waals surface area contributed by atoms with Gasteiger partial charge in [-0.05, 0) is 43.4 Å². The molecule has 2 N–H and O–H groups in total. The van der Waals surface area contributed by atoms with Crippen LogP contribution in [0.1, 0.15) is 57.4 Å². The van der Waals surface area contributed by atoms with Gasteiger partial charge in [0.15, 0.2) is 0 Å². The van der Waals surface area contributed by atoms with Gasteiger partial charge in [-0.2, -0.15) is 0 Å². The first-order valence-electron chi connectivity index (χ1n) is 8.74. The van der Waals surface area contributed by atoms with E-state index in [9.17, 15) is 9.59 Å². The largest absolute Gasteiger partial charge is 0.497 e. The Labute approximate surface area is 144 Å². The fraction of sp³-hybridized carbons (Fsp3) is 0.579. The molecule has 0 radical (unpaired) electrons. The lowest BCUT2D eigenvalue weighted by atomic mass is 9.93. The fourth-order valence-electron chi connectivity index (χ4n) is 3.36. The molecule has 0 bridgehead atoms. The highest BCUT2D eigenvalue weighted by Crippen LogP contribution is 2.31. The summed E-state index contributed by atoms with van der Waals surface area (Å²) in [6.07, 6.45) is 3.77. The summed E-state index contributed by atoms with van der Waals surface area (Å²) >= 11 is 0. The lowest BCUT2D eigenvalue weighted by Gasteiger charge is -2.29. The van der Waals surface area contributed by atoms with Crippen LogP contribution < -0.4 is 15.4 Å². The van der Waals surface area contributed by atoms with E-state index in [-0.39, 0.29) is 17.7 Å². The van der Waals surface area contributed by atoms with Crippen molar-refractivity contribution >= 4 is 11.8 Å². The number of amides is 2. The second-order valence-corrected chi connectivity index (χ2v) is 6.58. The molecule has 0 unspecified atom stereocenters. The first-order valence-corrected chi connectivity index (χ1v) is 8.74. The standard InChI is InChI=1S/C19H28N2O3/c1-4-20-18(23)19(11-5-6-12-19)21-17(22)13-14(2)15-7-9-16(24-3)10-8-15/h7-10,14H,4-6,11-13H2,1-3H3,(H,20,23)(H,21,22)/t14-/m1/s1. The van der Waals surface area contributed by atoms with Crippen molar-refractivity contribution in [2.24, 2.45) is 0 Å². The molecule has 1 atom stereocenters. The molecular weight excluding hydrogens is 304 g/mol. The Hall–Kier alpha value is -2.04. The van der Waals surface area contributed by atoms with E-state index in [1.807, 2.05) is 38.1 Å². The summed E-state index contributed by atoms with van der Waals surface area (Å²) in [5, 5.41) is 5.89. The van der Waals surface area contributed by atoms with E-state index < -0.39 is 5.54 Å². The van der Waals surface area contributed by atoms with Gasteiger partial charge in [-0.15, -0.1) is 0 Å². The third kappa shape index (κ3) is 4.28. The predicted octanol–water partition coefficient (Wildman–Crippen LogP) is 2.75. The number of rotatable bonds is 7. The zero-order valence-electron chi connectivity index (χ0n) is 14.9. The average Bonchev–Trinajstić information content (AvgIpc) is 3.04. The van der Waals surface area contributed by atoms with E-state index in [0.717, 1.165) is 37.0 Å². The summed E-state index contributed by atoms with van der Waals surface area (Å²) in [6, 6.07) is 7.76. The van der Waals surface area contributed by atoms with E-state index in [4.69, 9.17) is 4.74 Å². The molecule has 0 saturated heterocycles. The molecule has 0 aromatic heterocycles. The Balaban J connectivity index is 1.98. The molecule has 0 spiro atoms. The van der Waals surface area contributed by atoms with Crippen LogP contribution in [0.25, 0.3) is 0 Å². The summed E-state index contributed by atoms with van der Waals surface area (Å²) in [4.78, 5) is 24.9. The molecule has 1 aliphatic rings. The number of likely N-dealkylation sites (N-methyl/N-ethyl adjacent to an activating group) is 1. The van der Waals surface area contributed by atoms with Gasteiger partial charge in [0.1, 0.15) is 11.3 Å². The number of ether oxygens (including phenoxy) is 1. The SMILES string of the molecule is CCNC(=O)C1(NC(=O)C[C@@H](C)c2ccc(OC)cc2)CCCC1. The third-order valence-electron chi connectivity index (χ3n) is 4.78. The molecule has 2 amide bonds. The Morgan fingerprint density at radius 1 is 1.21 bits per heavy atom. The minimum atomic E-state index is -0.716. The van der Waals surface area contributed by atoms with Gasteiger partial charge >= 0.3 is 0 Å². The van der Waals surface area contributed by atoms with Crippen LogP contribution in [0.2, 0.25) is 0 Å². The van der Waals surface area contributed by atoms with Gasteiger partial charge in [0.2, 0.25) is 11.8 Å². The van der Waals surface area contributed by atoms with E-state index in [0.29, 0.717) is 13.0 Å². The molecule has 5 heteroatoms. The Morgan fingerprint density at radius 3 is 2.38 bits per heavy atom. The second-order valence-electron chi connectivity index (χ2n) is 6.58. The monoisotopic (exact) mass is 332 g/mol. The number of carbonyl (C=O) groups is 2. The zero-order valence-corrected chi connectivity index (χ0v) is 14.9. The van der Waals surface area contributed by atoms with Crippen molar-refractivity contribution in [3.05, 3.63) is 29.8 Å². The van der Waals surface area contributed by atoms with E-state index in [1.165, 1.54) is 0 Å². The Morgan fingerprint density at radius 2 is 1.83 bits per heavy atom. The number of hydrogen-bond donors (Lipinski definition) is 2. The van der Waals surface area contributed by atoms with E-state index in [2.05, 4.69) is 10.6 Å². The topological polar surface area (TPSA) is 67.4 Å². The Kier molecular flexibility index (Phi) is 6.23. The van der Waals surface area contributed by atoms with Crippen LogP contribution in [-0.4, -0.2) is 31.0 Å². The third-order valence-corrected chi connectivity index (χ3v) is 4.78. The molecule has 2 rings (SSSR count). The van der Waals surface area contributed by atoms with Crippen LogP contribution in [0.3, 0.4) is 0 Å². The maximum absolute atomic E-state index is 12.5. The van der Waals surface area contributed by atoms with Crippen LogP contribution in [0, 0.1) is 0 Å². The van der Waals surface area contributed by atoms with Crippen LogP contribution in [0.4, 0.5) is 0 Å². The van der Waals surface area contributed by atoms with Crippen LogP contribution >= 0.6 is 0 Å². The molecule has 132 valence electrons. The summed E-state index contributed by atoms with van der Waals surface area (Å²) in [7, 11) is 1.63. The van der Waals surface area contributed by atoms with E-state index in [1.54, 1.807) is 7.11 Å². The van der Waals surface area contributed by atoms with Gasteiger partial charge in [0.25, 0.3) is 0 Å². The van der Waals surface area contributed by atoms with Crippen LogP contribution in [0.15, 0.2) is 24.3 Å². The van der Waals surface area contributed by atoms with Gasteiger partial charge in [0, 0.05) is 13.0 Å². The maximum Gasteiger partial charge on any atom is 0.245 e. The minimum Gasteiger partial charge on any atom is -0.497 e. The van der Waals surface area contributed by atoms with Crippen molar-refractivity contribution in [3.8, 4) is 5.75 Å². The van der Waals surface area contributed by atoms with Gasteiger partial charge < -0.3 is 15.4 Å². The van der Waals surface area contributed by atoms with Crippen molar-refractivity contribution in [1.29, 1.82) is 0 Å². The van der Waals surface area contributed by atoms with Crippen molar-refractivity contribution in [2.45, 2.75) is 57.4 Å². The fourth-order valence-corrected chi connectivity index (χ4v) is 3.36. The summed E-state index contributed by atoms with van der Waals surface area (Å²) in [5.41, 5.74) is 0.372. The molecule has 1 aliphatic carbocycles. The highest BCUT2D eigenvalue weighted by Gasteiger charge is 2.42. The van der Waals surface area contributed by atoms with Crippen molar-refractivity contribution in [1.82, 2.24) is 10.6 Å². The predicted molar refractivity (Wildman–Crippen MR) is 94.1 cm³/mol. The van der Waals surface area contributed by atoms with Gasteiger partial charge in [0.05, 0.1) is 7.11 Å². The number of carbonyl (C=O) groups excluding carboxylic acids is 2. The number of methoxy groups -OCH3 is 1. The zero-order chi connectivity index (χ0) is 17.6. The molecule has 5 nitrogen and oxygen atoms in total. The van der Waals surface area contributed by atoms with Gasteiger partial charge in [-0.3, -0.25) is 9.59 Å². The van der Waals surface area contributed by atoms with E-state index >= 15 is 0 Å². The van der Waals surface area contributed by atoms with Crippen molar-refractivity contribution in [2.75, 3.05) is 13.7 Å². The number of hydrogen-bond acceptors (Lipinski definition) is 3. The van der Waals surface area contributed by atoms with Gasteiger partial charge in [-0.1, -0.05) is 31.9 Å². The maximum atomic E-state index is 12.5. The van der Waals surface area contributed by atoms with Crippen LogP contribution in [-0.2, 0) is 9.59 Å². The lowest BCUT2D eigenvalue weighted by Crippen LogP contribution is -2.57. The first-order chi connectivity index (χ1) is 11.5. The lowest BCUT2D eigenvalue weighted by molar-refractivity contribution is -0.133. The first kappa shape index (κ1) is 18.3. The molecule has 24 heavy (non-hydrogen) atoms. The molecule has 0 aliphatic heterocycles. The van der Waals surface area contributed by atoms with Crippen molar-refractivity contribution < 1.29 is 14.3 Å². The molecule has 0 heterocycles. The quantitative estimate of drug-likeness (QED) is 0.807. The highest BCUT2D eigenvalue weighted by atomic mass is 16.5. The molecule has 1 aromatic rings. The second kappa shape index (κ2) is 8.18. The van der Waals surface area contributed by atoms with Crippen molar-refractivity contribution in [3.63, 3.8) is 0 Å². The molecule has 1 fully saturated rings. The summed E-state index contributed by atoms with van der Waals surface area (Å²) < 4.78 is 5.16.